The van der Waals surface area contributed by atoms with E-state index < -0.39 is 11.7 Å². The first kappa shape index (κ1) is 20.8. The van der Waals surface area contributed by atoms with Gasteiger partial charge in [0.15, 0.2) is 5.11 Å². The topological polar surface area (TPSA) is 53.2 Å². The molecule has 1 atom stereocenters. The summed E-state index contributed by atoms with van der Waals surface area (Å²) in [6.07, 6.45) is 0. The van der Waals surface area contributed by atoms with Crippen LogP contribution in [0.3, 0.4) is 0 Å². The van der Waals surface area contributed by atoms with Crippen molar-refractivity contribution in [2.24, 2.45) is 0 Å². The highest BCUT2D eigenvalue weighted by molar-refractivity contribution is 7.80. The molecule has 0 bridgehead atoms. The maximum Gasteiger partial charge on any atom is 0.258 e. The van der Waals surface area contributed by atoms with Gasteiger partial charge in [-0.25, -0.2) is 4.39 Å². The molecule has 3 aromatic rings. The molecule has 4 nitrogen and oxygen atoms in total. The lowest BCUT2D eigenvalue weighted by atomic mass is 10.1. The molecule has 0 saturated heterocycles. The smallest absolute Gasteiger partial charge is 0.258 e. The molecule has 0 spiro atoms. The zero-order chi connectivity index (χ0) is 20.8. The molecule has 3 N–H and O–H groups in total. The number of carbonyl (C=O) groups excluding carboxylic acids is 1. The minimum Gasteiger partial charge on any atom is -0.356 e. The molecule has 0 aliphatic heterocycles. The Bertz CT molecular complexity index is 1020. The summed E-state index contributed by atoms with van der Waals surface area (Å²) in [7, 11) is 0. The van der Waals surface area contributed by atoms with Gasteiger partial charge in [-0.05, 0) is 73.2 Å². The molecule has 0 aliphatic rings. The van der Waals surface area contributed by atoms with Gasteiger partial charge in [-0.15, -0.1) is 12.6 Å². The number of hydrogen-bond donors (Lipinski definition) is 4. The summed E-state index contributed by atoms with van der Waals surface area (Å²) in [5.74, 6) is -1.06. The third kappa shape index (κ3) is 5.79. The third-order valence-electron chi connectivity index (χ3n) is 4.24. The summed E-state index contributed by atoms with van der Waals surface area (Å²) >= 11 is 9.73. The number of thiocarbonyl (C=S) groups is 1. The zero-order valence-electron chi connectivity index (χ0n) is 15.6. The molecule has 7 heteroatoms. The molecular weight excluding hydrogens is 405 g/mol. The van der Waals surface area contributed by atoms with Gasteiger partial charge in [0, 0.05) is 16.3 Å². The van der Waals surface area contributed by atoms with Crippen molar-refractivity contribution >= 4 is 47.2 Å². The average Bonchev–Trinajstić information content (AvgIpc) is 2.69. The number of hydrogen-bond acceptors (Lipinski definition) is 3. The summed E-state index contributed by atoms with van der Waals surface area (Å²) in [4.78, 5) is 13.1. The van der Waals surface area contributed by atoms with E-state index in [-0.39, 0.29) is 11.6 Å². The summed E-state index contributed by atoms with van der Waals surface area (Å²) in [6.45, 7) is 2.01. The van der Waals surface area contributed by atoms with Crippen LogP contribution in [0.5, 0.6) is 0 Å². The Morgan fingerprint density at radius 2 is 1.62 bits per heavy atom. The number of anilines is 2. The Balaban J connectivity index is 1.56. The van der Waals surface area contributed by atoms with Crippen molar-refractivity contribution in [3.63, 3.8) is 0 Å². The van der Waals surface area contributed by atoms with E-state index >= 15 is 0 Å². The van der Waals surface area contributed by atoms with Crippen LogP contribution >= 0.6 is 24.8 Å². The molecular formula is C22H20FN3OS2. The van der Waals surface area contributed by atoms with Gasteiger partial charge in [-0.1, -0.05) is 24.3 Å². The molecule has 3 aromatic carbocycles. The maximum atomic E-state index is 13.7. The first-order chi connectivity index (χ1) is 13.9. The van der Waals surface area contributed by atoms with Gasteiger partial charge in [0.25, 0.3) is 5.91 Å². The highest BCUT2D eigenvalue weighted by Gasteiger charge is 2.11. The Hall–Kier alpha value is -2.90. The Morgan fingerprint density at radius 3 is 2.28 bits per heavy atom. The van der Waals surface area contributed by atoms with E-state index in [0.29, 0.717) is 10.8 Å². The van der Waals surface area contributed by atoms with Crippen LogP contribution in [-0.4, -0.2) is 11.0 Å². The molecule has 148 valence electrons. The second kappa shape index (κ2) is 9.54. The SMILES string of the molecule is CC(NC(=S)Nc1ccc(NC(=O)c2ccccc2F)cc1)c1cccc(S)c1. The predicted octanol–water partition coefficient (Wildman–Crippen LogP) is 5.41. The standard InChI is InChI=1S/C22H20FN3OS2/c1-14(15-5-4-6-18(28)13-15)24-22(29)26-17-11-9-16(10-12-17)25-21(27)19-7-2-3-8-20(19)23/h2-14,28H,1H3,(H,25,27)(H2,24,26,29). The number of nitrogens with one attached hydrogen (secondary N) is 3. The van der Waals surface area contributed by atoms with Crippen molar-refractivity contribution < 1.29 is 9.18 Å². The fraction of sp³-hybridized carbons (Fsp3) is 0.0909. The second-order valence-corrected chi connectivity index (χ2v) is 7.35. The lowest BCUT2D eigenvalue weighted by molar-refractivity contribution is 0.102. The van der Waals surface area contributed by atoms with E-state index in [0.717, 1.165) is 16.1 Å². The second-order valence-electron chi connectivity index (χ2n) is 6.43. The number of thiol groups is 1. The molecule has 3 rings (SSSR count). The van der Waals surface area contributed by atoms with Crippen molar-refractivity contribution in [2.75, 3.05) is 10.6 Å². The minimum absolute atomic E-state index is 0.000603. The fourth-order valence-electron chi connectivity index (χ4n) is 2.72. The fourth-order valence-corrected chi connectivity index (χ4v) is 3.25. The Labute approximate surface area is 179 Å². The molecule has 0 heterocycles. The maximum absolute atomic E-state index is 13.7. The molecule has 0 fully saturated rings. The van der Waals surface area contributed by atoms with E-state index in [1.807, 2.05) is 31.2 Å². The van der Waals surface area contributed by atoms with Crippen LogP contribution in [0.25, 0.3) is 0 Å². The van der Waals surface area contributed by atoms with E-state index in [4.69, 9.17) is 12.2 Å². The molecule has 0 aromatic heterocycles. The number of benzene rings is 3. The Kier molecular flexibility index (Phi) is 6.85. The monoisotopic (exact) mass is 425 g/mol. The van der Waals surface area contributed by atoms with Crippen LogP contribution in [0.1, 0.15) is 28.9 Å². The van der Waals surface area contributed by atoms with Crippen LogP contribution in [-0.2, 0) is 0 Å². The van der Waals surface area contributed by atoms with E-state index in [1.165, 1.54) is 12.1 Å². The van der Waals surface area contributed by atoms with E-state index in [1.54, 1.807) is 36.4 Å². The van der Waals surface area contributed by atoms with Crippen LogP contribution in [0.15, 0.2) is 77.7 Å². The quantitative estimate of drug-likeness (QED) is 0.326. The summed E-state index contributed by atoms with van der Waals surface area (Å²) in [5.41, 5.74) is 2.40. The molecule has 0 saturated carbocycles. The first-order valence-electron chi connectivity index (χ1n) is 8.95. The Morgan fingerprint density at radius 1 is 0.966 bits per heavy atom. The molecule has 1 unspecified atom stereocenters. The highest BCUT2D eigenvalue weighted by atomic mass is 32.1. The van der Waals surface area contributed by atoms with Crippen LogP contribution < -0.4 is 16.0 Å². The van der Waals surface area contributed by atoms with Crippen LogP contribution in [0, 0.1) is 5.82 Å². The summed E-state index contributed by atoms with van der Waals surface area (Å²) in [6, 6.07) is 20.7. The summed E-state index contributed by atoms with van der Waals surface area (Å²) in [5, 5.41) is 9.48. The van der Waals surface area contributed by atoms with Crippen molar-refractivity contribution in [3.05, 3.63) is 89.7 Å². The first-order valence-corrected chi connectivity index (χ1v) is 9.80. The van der Waals surface area contributed by atoms with E-state index in [9.17, 15) is 9.18 Å². The molecule has 29 heavy (non-hydrogen) atoms. The van der Waals surface area contributed by atoms with Crippen molar-refractivity contribution in [2.45, 2.75) is 17.9 Å². The van der Waals surface area contributed by atoms with Gasteiger partial charge in [0.1, 0.15) is 5.82 Å². The largest absolute Gasteiger partial charge is 0.356 e. The van der Waals surface area contributed by atoms with Gasteiger partial charge < -0.3 is 16.0 Å². The third-order valence-corrected chi connectivity index (χ3v) is 4.74. The lowest BCUT2D eigenvalue weighted by Crippen LogP contribution is -2.30. The van der Waals surface area contributed by atoms with E-state index in [2.05, 4.69) is 28.6 Å². The van der Waals surface area contributed by atoms with Crippen LogP contribution in [0.2, 0.25) is 0 Å². The number of rotatable bonds is 5. The molecule has 0 radical (unpaired) electrons. The number of amides is 1. The van der Waals surface area contributed by atoms with Gasteiger partial charge in [0.2, 0.25) is 0 Å². The van der Waals surface area contributed by atoms with Crippen molar-refractivity contribution in [1.82, 2.24) is 5.32 Å². The normalized spacial score (nSPS) is 11.4. The van der Waals surface area contributed by atoms with Gasteiger partial charge in [0.05, 0.1) is 11.6 Å². The molecule has 1 amide bonds. The van der Waals surface area contributed by atoms with Crippen molar-refractivity contribution in [1.29, 1.82) is 0 Å². The predicted molar refractivity (Wildman–Crippen MR) is 122 cm³/mol. The van der Waals surface area contributed by atoms with Gasteiger partial charge in [-0.2, -0.15) is 0 Å². The highest BCUT2D eigenvalue weighted by Crippen LogP contribution is 2.18. The van der Waals surface area contributed by atoms with Crippen LogP contribution in [0.4, 0.5) is 15.8 Å². The lowest BCUT2D eigenvalue weighted by Gasteiger charge is -2.18. The zero-order valence-corrected chi connectivity index (χ0v) is 17.4. The molecule has 0 aliphatic carbocycles. The average molecular weight is 426 g/mol. The summed E-state index contributed by atoms with van der Waals surface area (Å²) < 4.78 is 13.7. The minimum atomic E-state index is -0.558. The number of halogens is 1. The van der Waals surface area contributed by atoms with Gasteiger partial charge in [-0.3, -0.25) is 4.79 Å². The van der Waals surface area contributed by atoms with Gasteiger partial charge >= 0.3 is 0 Å². The number of carbonyl (C=O) groups is 1. The van der Waals surface area contributed by atoms with Crippen molar-refractivity contribution in [3.8, 4) is 0 Å².